The van der Waals surface area contributed by atoms with Gasteiger partial charge in [-0.25, -0.2) is 4.98 Å². The molecule has 0 aliphatic heterocycles. The van der Waals surface area contributed by atoms with Crippen LogP contribution in [0.5, 0.6) is 5.88 Å². The van der Waals surface area contributed by atoms with Crippen molar-refractivity contribution in [2.45, 2.75) is 32.9 Å². The highest BCUT2D eigenvalue weighted by Gasteiger charge is 2.17. The van der Waals surface area contributed by atoms with Crippen LogP contribution in [0, 0.1) is 0 Å². The Hall–Kier alpha value is -1.62. The summed E-state index contributed by atoms with van der Waals surface area (Å²) in [5, 5.41) is 8.83. The van der Waals surface area contributed by atoms with E-state index in [0.717, 1.165) is 12.1 Å². The van der Waals surface area contributed by atoms with Crippen molar-refractivity contribution < 1.29 is 14.6 Å². The maximum absolute atomic E-state index is 10.7. The van der Waals surface area contributed by atoms with Gasteiger partial charge >= 0.3 is 5.97 Å². The number of carbonyl (C=O) groups is 1. The predicted molar refractivity (Wildman–Crippen MR) is 68.6 cm³/mol. The van der Waals surface area contributed by atoms with E-state index in [1.54, 1.807) is 13.3 Å². The molecule has 18 heavy (non-hydrogen) atoms. The molecule has 0 bridgehead atoms. The lowest BCUT2D eigenvalue weighted by molar-refractivity contribution is -0.138. The van der Waals surface area contributed by atoms with Gasteiger partial charge in [0.15, 0.2) is 0 Å². The summed E-state index contributed by atoms with van der Waals surface area (Å²) in [4.78, 5) is 17.0. The number of carboxylic acid groups (broad SMARTS) is 1. The van der Waals surface area contributed by atoms with Crippen LogP contribution in [-0.2, 0) is 11.3 Å². The molecule has 1 aromatic rings. The van der Waals surface area contributed by atoms with Gasteiger partial charge in [-0.1, -0.05) is 13.0 Å². The monoisotopic (exact) mass is 252 g/mol. The number of pyridine rings is 1. The average Bonchev–Trinajstić information content (AvgIpc) is 2.35. The number of aromatic nitrogens is 1. The first-order valence-electron chi connectivity index (χ1n) is 6.02. The van der Waals surface area contributed by atoms with Crippen molar-refractivity contribution in [3.63, 3.8) is 0 Å². The van der Waals surface area contributed by atoms with Gasteiger partial charge in [0.1, 0.15) is 0 Å². The number of nitrogens with zero attached hydrogens (tertiary/aromatic N) is 2. The summed E-state index contributed by atoms with van der Waals surface area (Å²) in [6.07, 6.45) is 1.82. The van der Waals surface area contributed by atoms with Crippen molar-refractivity contribution in [1.29, 1.82) is 0 Å². The molecule has 0 radical (unpaired) electrons. The van der Waals surface area contributed by atoms with Crippen LogP contribution in [0.2, 0.25) is 0 Å². The molecule has 1 heterocycles. The first-order chi connectivity index (χ1) is 8.58. The van der Waals surface area contributed by atoms with Crippen molar-refractivity contribution in [2.75, 3.05) is 13.7 Å². The van der Waals surface area contributed by atoms with Crippen LogP contribution in [0.1, 0.15) is 25.8 Å². The third-order valence-electron chi connectivity index (χ3n) is 2.92. The van der Waals surface area contributed by atoms with Crippen LogP contribution >= 0.6 is 0 Å². The number of hydrogen-bond acceptors (Lipinski definition) is 4. The summed E-state index contributed by atoms with van der Waals surface area (Å²) in [5.74, 6) is -0.183. The molecular formula is C13H20N2O3. The number of methoxy groups -OCH3 is 1. The largest absolute Gasteiger partial charge is 0.481 e. The minimum Gasteiger partial charge on any atom is -0.481 e. The Morgan fingerprint density at radius 1 is 1.61 bits per heavy atom. The molecule has 1 unspecified atom stereocenters. The summed E-state index contributed by atoms with van der Waals surface area (Å²) in [6, 6.07) is 3.78. The van der Waals surface area contributed by atoms with Gasteiger partial charge < -0.3 is 9.84 Å². The Labute approximate surface area is 107 Å². The van der Waals surface area contributed by atoms with Crippen LogP contribution in [0.3, 0.4) is 0 Å². The van der Waals surface area contributed by atoms with Crippen molar-refractivity contribution in [3.05, 3.63) is 23.9 Å². The van der Waals surface area contributed by atoms with Crippen molar-refractivity contribution in [2.24, 2.45) is 0 Å². The molecule has 0 aromatic carbocycles. The summed E-state index contributed by atoms with van der Waals surface area (Å²) in [7, 11) is 1.59. The van der Waals surface area contributed by atoms with Crippen LogP contribution in [0.15, 0.2) is 18.3 Å². The lowest BCUT2D eigenvalue weighted by Gasteiger charge is -2.27. The lowest BCUT2D eigenvalue weighted by atomic mass is 10.1. The van der Waals surface area contributed by atoms with Crippen LogP contribution in [0.4, 0.5) is 0 Å². The maximum Gasteiger partial charge on any atom is 0.304 e. The quantitative estimate of drug-likeness (QED) is 0.801. The van der Waals surface area contributed by atoms with Gasteiger partial charge in [-0.05, 0) is 19.5 Å². The fourth-order valence-corrected chi connectivity index (χ4v) is 1.91. The van der Waals surface area contributed by atoms with E-state index >= 15 is 0 Å². The van der Waals surface area contributed by atoms with Crippen molar-refractivity contribution in [3.8, 4) is 5.88 Å². The molecule has 0 fully saturated rings. The molecule has 0 aliphatic carbocycles. The first-order valence-corrected chi connectivity index (χ1v) is 6.02. The highest BCUT2D eigenvalue weighted by Crippen LogP contribution is 2.18. The average molecular weight is 252 g/mol. The van der Waals surface area contributed by atoms with Gasteiger partial charge in [0.05, 0.1) is 13.5 Å². The molecule has 100 valence electrons. The van der Waals surface area contributed by atoms with E-state index in [2.05, 4.69) is 9.88 Å². The highest BCUT2D eigenvalue weighted by atomic mass is 16.5. The summed E-state index contributed by atoms with van der Waals surface area (Å²) in [5.41, 5.74) is 0.971. The number of aliphatic carboxylic acids is 1. The highest BCUT2D eigenvalue weighted by molar-refractivity contribution is 5.67. The van der Waals surface area contributed by atoms with Gasteiger partial charge in [0.2, 0.25) is 5.88 Å². The Morgan fingerprint density at radius 2 is 2.33 bits per heavy atom. The topological polar surface area (TPSA) is 62.7 Å². The smallest absolute Gasteiger partial charge is 0.304 e. The van der Waals surface area contributed by atoms with E-state index in [9.17, 15) is 4.79 Å². The molecule has 0 saturated heterocycles. The number of rotatable bonds is 7. The van der Waals surface area contributed by atoms with E-state index in [1.165, 1.54) is 0 Å². The van der Waals surface area contributed by atoms with Crippen molar-refractivity contribution in [1.82, 2.24) is 9.88 Å². The third kappa shape index (κ3) is 4.00. The molecule has 0 aliphatic rings. The zero-order valence-electron chi connectivity index (χ0n) is 11.1. The predicted octanol–water partition coefficient (Wildman–Crippen LogP) is 1.78. The summed E-state index contributed by atoms with van der Waals surface area (Å²) >= 11 is 0. The number of ether oxygens (including phenoxy) is 1. The molecule has 1 N–H and O–H groups in total. The second kappa shape index (κ2) is 6.96. The second-order valence-electron chi connectivity index (χ2n) is 4.18. The van der Waals surface area contributed by atoms with Crippen LogP contribution in [0.25, 0.3) is 0 Å². The van der Waals surface area contributed by atoms with E-state index < -0.39 is 5.97 Å². The number of carboxylic acids is 1. The molecule has 5 nitrogen and oxygen atoms in total. The standard InChI is InChI=1S/C13H20N2O3/c1-4-15(10(2)8-12(16)17)9-11-6-5-7-14-13(11)18-3/h5-7,10H,4,8-9H2,1-3H3,(H,16,17). The summed E-state index contributed by atoms with van der Waals surface area (Å²) in [6.45, 7) is 5.36. The normalized spacial score (nSPS) is 12.4. The summed E-state index contributed by atoms with van der Waals surface area (Å²) < 4.78 is 5.20. The Balaban J connectivity index is 2.75. The molecule has 0 saturated carbocycles. The first kappa shape index (κ1) is 14.4. The zero-order valence-corrected chi connectivity index (χ0v) is 11.1. The number of hydrogen-bond donors (Lipinski definition) is 1. The van der Waals surface area contributed by atoms with Gasteiger partial charge in [0.25, 0.3) is 0 Å². The van der Waals surface area contributed by atoms with Gasteiger partial charge in [-0.2, -0.15) is 0 Å². The SMILES string of the molecule is CCN(Cc1cccnc1OC)C(C)CC(=O)O. The Morgan fingerprint density at radius 3 is 2.89 bits per heavy atom. The van der Waals surface area contributed by atoms with Gasteiger partial charge in [-0.3, -0.25) is 9.69 Å². The van der Waals surface area contributed by atoms with Gasteiger partial charge in [-0.15, -0.1) is 0 Å². The fraction of sp³-hybridized carbons (Fsp3) is 0.538. The lowest BCUT2D eigenvalue weighted by Crippen LogP contribution is -2.34. The maximum atomic E-state index is 10.7. The van der Waals surface area contributed by atoms with Crippen molar-refractivity contribution >= 4 is 5.97 Å². The molecular weight excluding hydrogens is 232 g/mol. The van der Waals surface area contributed by atoms with E-state index in [1.807, 2.05) is 26.0 Å². The van der Waals surface area contributed by atoms with E-state index in [4.69, 9.17) is 9.84 Å². The minimum atomic E-state index is -0.779. The molecule has 0 amide bonds. The second-order valence-corrected chi connectivity index (χ2v) is 4.18. The Bertz CT molecular complexity index is 396. The zero-order chi connectivity index (χ0) is 13.5. The molecule has 1 aromatic heterocycles. The van der Waals surface area contributed by atoms with Gasteiger partial charge in [0, 0.05) is 24.3 Å². The Kier molecular flexibility index (Phi) is 5.58. The minimum absolute atomic E-state index is 0.0163. The van der Waals surface area contributed by atoms with Crippen LogP contribution in [-0.4, -0.2) is 40.7 Å². The molecule has 1 atom stereocenters. The van der Waals surface area contributed by atoms with Crippen LogP contribution < -0.4 is 4.74 Å². The third-order valence-corrected chi connectivity index (χ3v) is 2.92. The van der Waals surface area contributed by atoms with E-state index in [0.29, 0.717) is 12.4 Å². The molecule has 5 heteroatoms. The molecule has 1 rings (SSSR count). The fourth-order valence-electron chi connectivity index (χ4n) is 1.91. The van der Waals surface area contributed by atoms with E-state index in [-0.39, 0.29) is 12.5 Å². The molecule has 0 spiro atoms.